The van der Waals surface area contributed by atoms with Gasteiger partial charge in [-0.1, -0.05) is 12.1 Å². The number of carbonyl (C=O) groups excluding carboxylic acids is 2. The molecule has 0 spiro atoms. The fourth-order valence-electron chi connectivity index (χ4n) is 5.98. The van der Waals surface area contributed by atoms with E-state index < -0.39 is 5.54 Å². The number of nitrogen functional groups attached to an aromatic ring is 1. The van der Waals surface area contributed by atoms with Crippen LogP contribution in [-0.2, 0) is 10.3 Å². The van der Waals surface area contributed by atoms with Crippen LogP contribution >= 0.6 is 0 Å². The van der Waals surface area contributed by atoms with Gasteiger partial charge >= 0.3 is 0 Å². The zero-order chi connectivity index (χ0) is 25.0. The number of hydrogen-bond donors (Lipinski definition) is 2. The first-order valence-corrected chi connectivity index (χ1v) is 12.1. The number of carbonyl (C=O) groups is 2. The van der Waals surface area contributed by atoms with E-state index >= 15 is 0 Å². The predicted octanol–water partition coefficient (Wildman–Crippen LogP) is 3.93. The van der Waals surface area contributed by atoms with Crippen molar-refractivity contribution in [2.45, 2.75) is 51.1 Å². The highest BCUT2D eigenvalue weighted by Crippen LogP contribution is 2.53. The van der Waals surface area contributed by atoms with Crippen LogP contribution in [0.3, 0.4) is 0 Å². The van der Waals surface area contributed by atoms with Gasteiger partial charge in [0.15, 0.2) is 0 Å². The zero-order valence-corrected chi connectivity index (χ0v) is 20.2. The lowest BCUT2D eigenvalue weighted by molar-refractivity contribution is -0.133. The Morgan fingerprint density at radius 3 is 2.53 bits per heavy atom. The highest BCUT2D eigenvalue weighted by atomic mass is 16.2. The molecular formula is C27H27N7O2. The van der Waals surface area contributed by atoms with Crippen LogP contribution in [0.15, 0.2) is 55.0 Å². The molecule has 2 aliphatic rings. The topological polar surface area (TPSA) is 119 Å². The van der Waals surface area contributed by atoms with Gasteiger partial charge in [0.2, 0.25) is 5.91 Å². The molecule has 1 aromatic carbocycles. The van der Waals surface area contributed by atoms with Crippen LogP contribution in [0.5, 0.6) is 0 Å². The zero-order valence-electron chi connectivity index (χ0n) is 20.2. The summed E-state index contributed by atoms with van der Waals surface area (Å²) in [5.74, 6) is 1.54. The summed E-state index contributed by atoms with van der Waals surface area (Å²) < 4.78 is 1.99. The van der Waals surface area contributed by atoms with Gasteiger partial charge in [-0.15, -0.1) is 0 Å². The summed E-state index contributed by atoms with van der Waals surface area (Å²) in [5.41, 5.74) is 9.66. The summed E-state index contributed by atoms with van der Waals surface area (Å²) >= 11 is 0. The molecule has 2 amide bonds. The third kappa shape index (κ3) is 3.34. The number of aromatic nitrogens is 4. The molecule has 6 rings (SSSR count). The molecule has 4 aromatic rings. The van der Waals surface area contributed by atoms with Gasteiger partial charge in [-0.25, -0.2) is 15.0 Å². The number of imidazole rings is 1. The molecule has 3 N–H and O–H groups in total. The number of benzene rings is 1. The second kappa shape index (κ2) is 8.15. The Balaban J connectivity index is 1.39. The van der Waals surface area contributed by atoms with E-state index in [2.05, 4.69) is 15.3 Å². The van der Waals surface area contributed by atoms with Crippen molar-refractivity contribution >= 4 is 29.0 Å². The third-order valence-corrected chi connectivity index (χ3v) is 7.52. The molecule has 36 heavy (non-hydrogen) atoms. The molecular weight excluding hydrogens is 454 g/mol. The van der Waals surface area contributed by atoms with Gasteiger partial charge in [0.05, 0.1) is 0 Å². The Kier molecular flexibility index (Phi) is 5.03. The van der Waals surface area contributed by atoms with E-state index in [0.717, 1.165) is 42.6 Å². The number of hydrogen-bond acceptors (Lipinski definition) is 6. The maximum atomic E-state index is 12.8. The number of nitrogens with two attached hydrogens (primary N) is 1. The van der Waals surface area contributed by atoms with Gasteiger partial charge in [-0.3, -0.25) is 14.0 Å². The average molecular weight is 482 g/mol. The molecule has 9 nitrogen and oxygen atoms in total. The Morgan fingerprint density at radius 2 is 1.83 bits per heavy atom. The molecule has 2 saturated heterocycles. The molecule has 2 fully saturated rings. The third-order valence-electron chi connectivity index (χ3n) is 7.52. The Morgan fingerprint density at radius 1 is 1.08 bits per heavy atom. The molecule has 2 aliphatic heterocycles. The normalized spacial score (nSPS) is 20.7. The van der Waals surface area contributed by atoms with Crippen LogP contribution in [0.2, 0.25) is 0 Å². The monoisotopic (exact) mass is 481 g/mol. The van der Waals surface area contributed by atoms with Crippen LogP contribution in [0.4, 0.5) is 11.6 Å². The quantitative estimate of drug-likeness (QED) is 0.456. The van der Waals surface area contributed by atoms with Crippen LogP contribution in [-0.4, -0.2) is 42.1 Å². The van der Waals surface area contributed by atoms with Gasteiger partial charge in [0, 0.05) is 42.7 Å². The fraction of sp³-hybridized carbons (Fsp3) is 0.296. The minimum absolute atomic E-state index is 0.0776. The molecule has 0 unspecified atom stereocenters. The number of rotatable bonds is 4. The lowest BCUT2D eigenvalue weighted by atomic mass is 9.87. The van der Waals surface area contributed by atoms with Crippen molar-refractivity contribution in [2.24, 2.45) is 0 Å². The van der Waals surface area contributed by atoms with Crippen molar-refractivity contribution in [3.05, 3.63) is 71.9 Å². The van der Waals surface area contributed by atoms with E-state index in [4.69, 9.17) is 10.7 Å². The summed E-state index contributed by atoms with van der Waals surface area (Å²) in [5, 5.41) is 2.83. The lowest BCUT2D eigenvalue weighted by Crippen LogP contribution is -2.43. The van der Waals surface area contributed by atoms with Crippen molar-refractivity contribution in [2.75, 3.05) is 11.1 Å². The van der Waals surface area contributed by atoms with Crippen molar-refractivity contribution in [3.8, 4) is 11.3 Å². The van der Waals surface area contributed by atoms with E-state index in [9.17, 15) is 9.59 Å². The maximum Gasteiger partial charge on any atom is 0.256 e. The largest absolute Gasteiger partial charge is 0.382 e. The minimum atomic E-state index is -0.438. The van der Waals surface area contributed by atoms with Crippen molar-refractivity contribution in [1.29, 1.82) is 0 Å². The number of aryl methyl sites for hydroxylation is 1. The van der Waals surface area contributed by atoms with E-state index in [1.807, 2.05) is 46.7 Å². The van der Waals surface area contributed by atoms with Crippen LogP contribution < -0.4 is 11.1 Å². The molecule has 182 valence electrons. The van der Waals surface area contributed by atoms with Gasteiger partial charge in [-0.05, 0) is 62.4 Å². The number of nitrogens with zero attached hydrogens (tertiary/aromatic N) is 5. The molecule has 2 bridgehead atoms. The molecule has 0 saturated carbocycles. The van der Waals surface area contributed by atoms with E-state index in [-0.39, 0.29) is 17.9 Å². The number of anilines is 2. The number of fused-ring (bicyclic) bond motifs is 3. The second-order valence-corrected chi connectivity index (χ2v) is 9.72. The summed E-state index contributed by atoms with van der Waals surface area (Å²) in [4.78, 5) is 41.0. The summed E-state index contributed by atoms with van der Waals surface area (Å²) in [6.45, 7) is 3.59. The first-order valence-electron chi connectivity index (χ1n) is 12.1. The number of amides is 2. The summed E-state index contributed by atoms with van der Waals surface area (Å²) in [6.07, 6.45) is 8.91. The first kappa shape index (κ1) is 22.2. The lowest BCUT2D eigenvalue weighted by Gasteiger charge is -2.33. The molecule has 0 aliphatic carbocycles. The highest BCUT2D eigenvalue weighted by Gasteiger charge is 2.56. The van der Waals surface area contributed by atoms with Gasteiger partial charge in [0.1, 0.15) is 34.2 Å². The van der Waals surface area contributed by atoms with E-state index in [1.165, 1.54) is 0 Å². The number of pyridine rings is 1. The molecule has 0 radical (unpaired) electrons. The summed E-state index contributed by atoms with van der Waals surface area (Å²) in [6, 6.07) is 11.2. The minimum Gasteiger partial charge on any atom is -0.382 e. The van der Waals surface area contributed by atoms with Crippen molar-refractivity contribution < 1.29 is 9.59 Å². The predicted molar refractivity (Wildman–Crippen MR) is 136 cm³/mol. The highest BCUT2D eigenvalue weighted by molar-refractivity contribution is 6.04. The Hall–Kier alpha value is -4.27. The van der Waals surface area contributed by atoms with E-state index in [0.29, 0.717) is 28.4 Å². The first-order chi connectivity index (χ1) is 17.4. The van der Waals surface area contributed by atoms with Gasteiger partial charge in [0.25, 0.3) is 5.91 Å². The van der Waals surface area contributed by atoms with Gasteiger partial charge < -0.3 is 16.0 Å². The molecule has 5 heterocycles. The fourth-order valence-corrected chi connectivity index (χ4v) is 5.98. The Labute approximate surface area is 208 Å². The smallest absolute Gasteiger partial charge is 0.256 e. The molecule has 3 aromatic heterocycles. The van der Waals surface area contributed by atoms with Crippen LogP contribution in [0, 0.1) is 6.92 Å². The second-order valence-electron chi connectivity index (χ2n) is 9.72. The summed E-state index contributed by atoms with van der Waals surface area (Å²) in [7, 11) is 0. The molecule has 9 heteroatoms. The van der Waals surface area contributed by atoms with Gasteiger partial charge in [-0.2, -0.15) is 0 Å². The standard InChI is InChI=1S/C27H27N7O2/c1-16-9-12-29-21(15-16)31-25(36)19-5-3-18(4-6-19)22-23-24(28)30-13-14-33(23)26(32-22)27-10-7-20(8-11-27)34(27)17(2)35/h3-6,9,12-15,20H,7-8,10-11H2,1-2H3,(H2,28,30)(H,29,31,36). The van der Waals surface area contributed by atoms with Crippen LogP contribution in [0.25, 0.3) is 16.8 Å². The van der Waals surface area contributed by atoms with E-state index in [1.54, 1.807) is 31.5 Å². The Bertz CT molecular complexity index is 1500. The maximum absolute atomic E-state index is 12.8. The van der Waals surface area contributed by atoms with Crippen molar-refractivity contribution in [1.82, 2.24) is 24.3 Å². The van der Waals surface area contributed by atoms with Crippen molar-refractivity contribution in [3.63, 3.8) is 0 Å². The number of nitrogens with one attached hydrogen (secondary N) is 1. The SMILES string of the molecule is CC(=O)N1C2CCC1(c1nc(-c3ccc(C(=O)Nc4cc(C)ccn4)cc3)c3c(N)nccn13)CC2. The van der Waals surface area contributed by atoms with Crippen LogP contribution in [0.1, 0.15) is 54.4 Å². The average Bonchev–Trinajstić information content (AvgIpc) is 3.55. The molecule has 0 atom stereocenters.